The van der Waals surface area contributed by atoms with Crippen LogP contribution in [-0.2, 0) is 0 Å². The van der Waals surface area contributed by atoms with Crippen LogP contribution in [0.15, 0.2) is 42.5 Å². The summed E-state index contributed by atoms with van der Waals surface area (Å²) in [5, 5.41) is 11.6. The highest BCUT2D eigenvalue weighted by Gasteiger charge is 2.09. The number of nitrogens with zero attached hydrogens (tertiary/aromatic N) is 1. The zero-order chi connectivity index (χ0) is 13.8. The highest BCUT2D eigenvalue weighted by Crippen LogP contribution is 2.16. The third-order valence-corrected chi connectivity index (χ3v) is 2.76. The summed E-state index contributed by atoms with van der Waals surface area (Å²) in [7, 11) is 0. The smallest absolute Gasteiger partial charge is 0.256 e. The molecule has 0 aromatic heterocycles. The van der Waals surface area contributed by atoms with Crippen molar-refractivity contribution < 1.29 is 4.79 Å². The summed E-state index contributed by atoms with van der Waals surface area (Å²) in [5.74, 6) is -0.236. The highest BCUT2D eigenvalue weighted by molar-refractivity contribution is 6.05. The van der Waals surface area contributed by atoms with Gasteiger partial charge in [-0.2, -0.15) is 5.26 Å². The average Bonchev–Trinajstić information content (AvgIpc) is 2.41. The van der Waals surface area contributed by atoms with Crippen LogP contribution < -0.4 is 11.1 Å². The van der Waals surface area contributed by atoms with E-state index in [2.05, 4.69) is 5.32 Å². The number of benzene rings is 2. The van der Waals surface area contributed by atoms with Crippen LogP contribution in [0.1, 0.15) is 21.5 Å². The van der Waals surface area contributed by atoms with Gasteiger partial charge in [0, 0.05) is 16.9 Å². The maximum absolute atomic E-state index is 12.1. The molecule has 0 saturated carbocycles. The predicted octanol–water partition coefficient (Wildman–Crippen LogP) is 2.70. The Morgan fingerprint density at radius 2 is 2.05 bits per heavy atom. The zero-order valence-corrected chi connectivity index (χ0v) is 10.5. The molecule has 4 heteroatoms. The lowest BCUT2D eigenvalue weighted by Crippen LogP contribution is -2.13. The summed E-state index contributed by atoms with van der Waals surface area (Å²) in [6.45, 7) is 1.85. The molecule has 0 radical (unpaired) electrons. The molecule has 0 aliphatic carbocycles. The zero-order valence-electron chi connectivity index (χ0n) is 10.5. The molecule has 0 fully saturated rings. The summed E-state index contributed by atoms with van der Waals surface area (Å²) in [6.07, 6.45) is 0. The van der Waals surface area contributed by atoms with Gasteiger partial charge in [-0.25, -0.2) is 0 Å². The topological polar surface area (TPSA) is 78.9 Å². The Labute approximate surface area is 111 Å². The number of nitrogen functional groups attached to an aromatic ring is 1. The van der Waals surface area contributed by atoms with E-state index in [1.807, 2.05) is 13.0 Å². The van der Waals surface area contributed by atoms with Crippen LogP contribution in [-0.4, -0.2) is 5.91 Å². The molecule has 0 atom stereocenters. The molecular weight excluding hydrogens is 238 g/mol. The van der Waals surface area contributed by atoms with E-state index in [0.717, 1.165) is 5.56 Å². The summed E-state index contributed by atoms with van der Waals surface area (Å²) in [5.41, 5.74) is 8.70. The van der Waals surface area contributed by atoms with E-state index < -0.39 is 0 Å². The summed E-state index contributed by atoms with van der Waals surface area (Å²) >= 11 is 0. The second-order valence-corrected chi connectivity index (χ2v) is 4.22. The van der Waals surface area contributed by atoms with Crippen molar-refractivity contribution in [3.63, 3.8) is 0 Å². The predicted molar refractivity (Wildman–Crippen MR) is 74.7 cm³/mol. The number of rotatable bonds is 2. The van der Waals surface area contributed by atoms with E-state index in [4.69, 9.17) is 11.0 Å². The van der Waals surface area contributed by atoms with Crippen LogP contribution >= 0.6 is 0 Å². The lowest BCUT2D eigenvalue weighted by Gasteiger charge is -2.08. The molecule has 2 rings (SSSR count). The van der Waals surface area contributed by atoms with Crippen molar-refractivity contribution in [1.29, 1.82) is 5.26 Å². The van der Waals surface area contributed by atoms with Crippen LogP contribution in [0.5, 0.6) is 0 Å². The number of carbonyl (C=O) groups excluding carboxylic acids is 1. The van der Waals surface area contributed by atoms with Crippen molar-refractivity contribution >= 4 is 17.3 Å². The molecule has 0 saturated heterocycles. The van der Waals surface area contributed by atoms with E-state index in [-0.39, 0.29) is 5.91 Å². The van der Waals surface area contributed by atoms with E-state index in [1.54, 1.807) is 42.5 Å². The Morgan fingerprint density at radius 3 is 2.79 bits per heavy atom. The van der Waals surface area contributed by atoms with E-state index in [0.29, 0.717) is 22.5 Å². The van der Waals surface area contributed by atoms with Crippen LogP contribution in [0, 0.1) is 18.3 Å². The van der Waals surface area contributed by atoms with Gasteiger partial charge in [0.1, 0.15) is 0 Å². The highest BCUT2D eigenvalue weighted by atomic mass is 16.1. The minimum atomic E-state index is -0.236. The Balaban J connectivity index is 2.26. The molecule has 0 heterocycles. The van der Waals surface area contributed by atoms with Gasteiger partial charge in [-0.15, -0.1) is 0 Å². The van der Waals surface area contributed by atoms with Crippen LogP contribution in [0.4, 0.5) is 11.4 Å². The molecule has 94 valence electrons. The standard InChI is InChI=1S/C15H13N3O/c1-10-5-6-12(17)8-14(10)15(19)18-13-4-2-3-11(7-13)9-16/h2-8H,17H2,1H3,(H,18,19). The van der Waals surface area contributed by atoms with Crippen molar-refractivity contribution in [2.45, 2.75) is 6.92 Å². The lowest BCUT2D eigenvalue weighted by molar-refractivity contribution is 0.102. The maximum Gasteiger partial charge on any atom is 0.256 e. The molecule has 0 spiro atoms. The molecule has 2 aromatic carbocycles. The summed E-state index contributed by atoms with van der Waals surface area (Å²) < 4.78 is 0. The van der Waals surface area contributed by atoms with Gasteiger partial charge >= 0.3 is 0 Å². The number of nitrogens with one attached hydrogen (secondary N) is 1. The first-order valence-corrected chi connectivity index (χ1v) is 5.78. The van der Waals surface area contributed by atoms with Crippen LogP contribution in [0.25, 0.3) is 0 Å². The Bertz CT molecular complexity index is 671. The van der Waals surface area contributed by atoms with Crippen molar-refractivity contribution in [3.05, 3.63) is 59.2 Å². The number of aryl methyl sites for hydroxylation is 1. The minimum Gasteiger partial charge on any atom is -0.399 e. The van der Waals surface area contributed by atoms with Gasteiger partial charge < -0.3 is 11.1 Å². The Hall–Kier alpha value is -2.80. The molecule has 0 aliphatic rings. The molecule has 3 N–H and O–H groups in total. The second-order valence-electron chi connectivity index (χ2n) is 4.22. The van der Waals surface area contributed by atoms with Gasteiger partial charge in [0.2, 0.25) is 0 Å². The summed E-state index contributed by atoms with van der Waals surface area (Å²) in [4.78, 5) is 12.1. The van der Waals surface area contributed by atoms with Gasteiger partial charge in [-0.1, -0.05) is 12.1 Å². The fourth-order valence-corrected chi connectivity index (χ4v) is 1.75. The monoisotopic (exact) mass is 251 g/mol. The number of nitrogens with two attached hydrogens (primary N) is 1. The van der Waals surface area contributed by atoms with Gasteiger partial charge in [-0.05, 0) is 42.8 Å². The molecule has 19 heavy (non-hydrogen) atoms. The number of hydrogen-bond donors (Lipinski definition) is 2. The number of hydrogen-bond acceptors (Lipinski definition) is 3. The first-order chi connectivity index (χ1) is 9.10. The average molecular weight is 251 g/mol. The first-order valence-electron chi connectivity index (χ1n) is 5.78. The fourth-order valence-electron chi connectivity index (χ4n) is 1.75. The third-order valence-electron chi connectivity index (χ3n) is 2.76. The molecule has 4 nitrogen and oxygen atoms in total. The number of carbonyl (C=O) groups is 1. The normalized spacial score (nSPS) is 9.68. The number of nitriles is 1. The quantitative estimate of drug-likeness (QED) is 0.805. The van der Waals surface area contributed by atoms with Gasteiger partial charge in [-0.3, -0.25) is 4.79 Å². The number of anilines is 2. The fraction of sp³-hybridized carbons (Fsp3) is 0.0667. The Kier molecular flexibility index (Phi) is 3.48. The molecule has 0 bridgehead atoms. The molecule has 2 aromatic rings. The van der Waals surface area contributed by atoms with Gasteiger partial charge in [0.25, 0.3) is 5.91 Å². The van der Waals surface area contributed by atoms with Crippen molar-refractivity contribution in [3.8, 4) is 6.07 Å². The molecule has 0 unspecified atom stereocenters. The van der Waals surface area contributed by atoms with E-state index in [1.165, 1.54) is 0 Å². The van der Waals surface area contributed by atoms with Gasteiger partial charge in [0.05, 0.1) is 11.6 Å². The third kappa shape index (κ3) is 2.90. The molecular formula is C15H13N3O. The van der Waals surface area contributed by atoms with Gasteiger partial charge in [0.15, 0.2) is 0 Å². The van der Waals surface area contributed by atoms with Crippen LogP contribution in [0.3, 0.4) is 0 Å². The lowest BCUT2D eigenvalue weighted by atomic mass is 10.1. The van der Waals surface area contributed by atoms with Crippen LogP contribution in [0.2, 0.25) is 0 Å². The van der Waals surface area contributed by atoms with Crippen molar-refractivity contribution in [2.75, 3.05) is 11.1 Å². The largest absolute Gasteiger partial charge is 0.399 e. The maximum atomic E-state index is 12.1. The second kappa shape index (κ2) is 5.23. The minimum absolute atomic E-state index is 0.236. The van der Waals surface area contributed by atoms with Crippen molar-refractivity contribution in [2.24, 2.45) is 0 Å². The summed E-state index contributed by atoms with van der Waals surface area (Å²) in [6, 6.07) is 14.0. The van der Waals surface area contributed by atoms with E-state index in [9.17, 15) is 4.79 Å². The SMILES string of the molecule is Cc1ccc(N)cc1C(=O)Nc1cccc(C#N)c1. The molecule has 0 aliphatic heterocycles. The first kappa shape index (κ1) is 12.7. The van der Waals surface area contributed by atoms with Crippen molar-refractivity contribution in [1.82, 2.24) is 0 Å². The Morgan fingerprint density at radius 1 is 1.26 bits per heavy atom. The number of amides is 1. The van der Waals surface area contributed by atoms with E-state index >= 15 is 0 Å². The molecule has 1 amide bonds.